The van der Waals surface area contributed by atoms with Gasteiger partial charge < -0.3 is 4.74 Å². The minimum Gasteiger partial charge on any atom is -0.496 e. The van der Waals surface area contributed by atoms with Gasteiger partial charge in [0, 0.05) is 44.7 Å². The van der Waals surface area contributed by atoms with Crippen molar-refractivity contribution in [2.24, 2.45) is 0 Å². The SMILES string of the molecule is CCc1ccc(CN2CCN(Cc3ccc(OC)c4ccccc34)CC2)cc1. The number of piperazine rings is 1. The molecule has 0 atom stereocenters. The predicted octanol–water partition coefficient (Wildman–Crippen LogP) is 4.73. The monoisotopic (exact) mass is 374 g/mol. The summed E-state index contributed by atoms with van der Waals surface area (Å²) in [5, 5.41) is 2.51. The van der Waals surface area contributed by atoms with E-state index >= 15 is 0 Å². The maximum absolute atomic E-state index is 5.54. The number of aryl methyl sites for hydroxylation is 1. The van der Waals surface area contributed by atoms with E-state index in [1.807, 2.05) is 0 Å². The Morgan fingerprint density at radius 1 is 0.714 bits per heavy atom. The number of fused-ring (bicyclic) bond motifs is 1. The molecule has 0 spiro atoms. The number of hydrogen-bond acceptors (Lipinski definition) is 3. The topological polar surface area (TPSA) is 15.7 Å². The van der Waals surface area contributed by atoms with Gasteiger partial charge in [0.15, 0.2) is 0 Å². The van der Waals surface area contributed by atoms with E-state index in [4.69, 9.17) is 4.74 Å². The molecule has 4 rings (SSSR count). The average molecular weight is 375 g/mol. The van der Waals surface area contributed by atoms with Crippen LogP contribution < -0.4 is 4.74 Å². The van der Waals surface area contributed by atoms with E-state index in [1.165, 1.54) is 27.5 Å². The van der Waals surface area contributed by atoms with Crippen molar-refractivity contribution in [3.05, 3.63) is 77.4 Å². The second kappa shape index (κ2) is 8.76. The molecule has 3 nitrogen and oxygen atoms in total. The molecule has 28 heavy (non-hydrogen) atoms. The van der Waals surface area contributed by atoms with Crippen LogP contribution in [0, 0.1) is 0 Å². The molecule has 0 saturated carbocycles. The molecule has 3 aromatic carbocycles. The zero-order valence-corrected chi connectivity index (χ0v) is 17.0. The van der Waals surface area contributed by atoms with Crippen LogP contribution in [-0.2, 0) is 19.5 Å². The molecule has 0 aromatic heterocycles. The molecule has 146 valence electrons. The molecule has 1 aliphatic heterocycles. The third-order valence-electron chi connectivity index (χ3n) is 5.89. The van der Waals surface area contributed by atoms with Crippen LogP contribution in [0.15, 0.2) is 60.7 Å². The average Bonchev–Trinajstić information content (AvgIpc) is 2.76. The lowest BCUT2D eigenvalue weighted by Gasteiger charge is -2.35. The van der Waals surface area contributed by atoms with Crippen LogP contribution in [0.4, 0.5) is 0 Å². The summed E-state index contributed by atoms with van der Waals surface area (Å²) in [7, 11) is 1.75. The molecule has 0 aliphatic carbocycles. The highest BCUT2D eigenvalue weighted by molar-refractivity contribution is 5.91. The highest BCUT2D eigenvalue weighted by Crippen LogP contribution is 2.29. The van der Waals surface area contributed by atoms with E-state index in [-0.39, 0.29) is 0 Å². The molecule has 3 heteroatoms. The van der Waals surface area contributed by atoms with Gasteiger partial charge in [-0.3, -0.25) is 9.80 Å². The van der Waals surface area contributed by atoms with Gasteiger partial charge in [-0.1, -0.05) is 61.5 Å². The van der Waals surface area contributed by atoms with E-state index in [9.17, 15) is 0 Å². The summed E-state index contributed by atoms with van der Waals surface area (Å²) in [4.78, 5) is 5.15. The van der Waals surface area contributed by atoms with Crippen molar-refractivity contribution < 1.29 is 4.74 Å². The van der Waals surface area contributed by atoms with Gasteiger partial charge in [-0.15, -0.1) is 0 Å². The first-order valence-corrected chi connectivity index (χ1v) is 10.3. The maximum atomic E-state index is 5.54. The van der Waals surface area contributed by atoms with Crippen molar-refractivity contribution in [2.75, 3.05) is 33.3 Å². The third-order valence-corrected chi connectivity index (χ3v) is 5.89. The van der Waals surface area contributed by atoms with Crippen LogP contribution in [0.2, 0.25) is 0 Å². The summed E-state index contributed by atoms with van der Waals surface area (Å²) >= 11 is 0. The van der Waals surface area contributed by atoms with Gasteiger partial charge in [0.1, 0.15) is 5.75 Å². The Balaban J connectivity index is 1.37. The van der Waals surface area contributed by atoms with Gasteiger partial charge in [0.25, 0.3) is 0 Å². The van der Waals surface area contributed by atoms with E-state index < -0.39 is 0 Å². The minimum atomic E-state index is 0.957. The van der Waals surface area contributed by atoms with Gasteiger partial charge in [0.2, 0.25) is 0 Å². The Labute approximate surface area is 168 Å². The number of ether oxygens (including phenoxy) is 1. The molecule has 0 unspecified atom stereocenters. The highest BCUT2D eigenvalue weighted by Gasteiger charge is 2.18. The summed E-state index contributed by atoms with van der Waals surface area (Å²) in [6.45, 7) is 8.77. The summed E-state index contributed by atoms with van der Waals surface area (Å²) in [5.41, 5.74) is 4.23. The fraction of sp³-hybridized carbons (Fsp3) is 0.360. The van der Waals surface area contributed by atoms with E-state index in [2.05, 4.69) is 77.4 Å². The number of methoxy groups -OCH3 is 1. The van der Waals surface area contributed by atoms with E-state index in [0.29, 0.717) is 0 Å². The van der Waals surface area contributed by atoms with E-state index in [0.717, 1.165) is 51.4 Å². The molecule has 1 aliphatic rings. The molecular weight excluding hydrogens is 344 g/mol. The van der Waals surface area contributed by atoms with Crippen LogP contribution in [0.1, 0.15) is 23.6 Å². The quantitative estimate of drug-likeness (QED) is 0.620. The smallest absolute Gasteiger partial charge is 0.126 e. The zero-order chi connectivity index (χ0) is 19.3. The van der Waals surface area contributed by atoms with Crippen LogP contribution in [0.25, 0.3) is 10.8 Å². The summed E-state index contributed by atoms with van der Waals surface area (Å²) in [6, 6.07) is 22.0. The van der Waals surface area contributed by atoms with Crippen molar-refractivity contribution >= 4 is 10.8 Å². The third kappa shape index (κ3) is 4.21. The molecule has 0 N–H and O–H groups in total. The Morgan fingerprint density at radius 3 is 1.96 bits per heavy atom. The lowest BCUT2D eigenvalue weighted by Crippen LogP contribution is -2.45. The van der Waals surface area contributed by atoms with Gasteiger partial charge in [0.05, 0.1) is 7.11 Å². The summed E-state index contributed by atoms with van der Waals surface area (Å²) in [5.74, 6) is 0.957. The van der Waals surface area contributed by atoms with Crippen LogP contribution in [0.5, 0.6) is 5.75 Å². The van der Waals surface area contributed by atoms with Gasteiger partial charge in [-0.05, 0) is 34.6 Å². The molecule has 1 saturated heterocycles. The fourth-order valence-electron chi connectivity index (χ4n) is 4.13. The van der Waals surface area contributed by atoms with Crippen molar-refractivity contribution in [2.45, 2.75) is 26.4 Å². The molecular formula is C25H30N2O. The highest BCUT2D eigenvalue weighted by atomic mass is 16.5. The molecule has 3 aromatic rings. The summed E-state index contributed by atoms with van der Waals surface area (Å²) in [6.07, 6.45) is 1.11. The Morgan fingerprint density at radius 2 is 1.32 bits per heavy atom. The lowest BCUT2D eigenvalue weighted by molar-refractivity contribution is 0.122. The van der Waals surface area contributed by atoms with Crippen LogP contribution in [0.3, 0.4) is 0 Å². The van der Waals surface area contributed by atoms with Crippen molar-refractivity contribution in [1.82, 2.24) is 9.80 Å². The van der Waals surface area contributed by atoms with Gasteiger partial charge in [-0.2, -0.15) is 0 Å². The Bertz CT molecular complexity index is 911. The number of benzene rings is 3. The van der Waals surface area contributed by atoms with Crippen molar-refractivity contribution in [3.63, 3.8) is 0 Å². The standard InChI is InChI=1S/C25H30N2O/c1-3-20-8-10-21(11-9-20)18-26-14-16-27(17-15-26)19-22-12-13-25(28-2)24-7-5-4-6-23(22)24/h4-13H,3,14-19H2,1-2H3. The molecule has 0 amide bonds. The lowest BCUT2D eigenvalue weighted by atomic mass is 10.0. The van der Waals surface area contributed by atoms with Crippen LogP contribution >= 0.6 is 0 Å². The second-order valence-electron chi connectivity index (χ2n) is 7.69. The first-order valence-electron chi connectivity index (χ1n) is 10.3. The van der Waals surface area contributed by atoms with Crippen molar-refractivity contribution in [3.8, 4) is 5.75 Å². The van der Waals surface area contributed by atoms with Gasteiger partial charge >= 0.3 is 0 Å². The molecule has 1 fully saturated rings. The molecule has 0 radical (unpaired) electrons. The number of rotatable bonds is 6. The minimum absolute atomic E-state index is 0.957. The summed E-state index contributed by atoms with van der Waals surface area (Å²) < 4.78 is 5.54. The largest absolute Gasteiger partial charge is 0.496 e. The first-order chi connectivity index (χ1) is 13.8. The molecule has 0 bridgehead atoms. The van der Waals surface area contributed by atoms with Crippen LogP contribution in [-0.4, -0.2) is 43.1 Å². The fourth-order valence-corrected chi connectivity index (χ4v) is 4.13. The number of nitrogens with zero attached hydrogens (tertiary/aromatic N) is 2. The molecule has 1 heterocycles. The Hall–Kier alpha value is -2.36. The normalized spacial score (nSPS) is 15.8. The van der Waals surface area contributed by atoms with Crippen molar-refractivity contribution in [1.29, 1.82) is 0 Å². The van der Waals surface area contributed by atoms with E-state index in [1.54, 1.807) is 7.11 Å². The second-order valence-corrected chi connectivity index (χ2v) is 7.69. The zero-order valence-electron chi connectivity index (χ0n) is 17.0. The Kier molecular flexibility index (Phi) is 5.94. The first kappa shape index (κ1) is 19.0. The maximum Gasteiger partial charge on any atom is 0.126 e. The van der Waals surface area contributed by atoms with Gasteiger partial charge in [-0.25, -0.2) is 0 Å². The predicted molar refractivity (Wildman–Crippen MR) is 117 cm³/mol. The number of hydrogen-bond donors (Lipinski definition) is 0.